The van der Waals surface area contributed by atoms with E-state index in [0.29, 0.717) is 162 Å². The molecule has 486 valence electrons. The average molecular weight is 1630 g/mol. The summed E-state index contributed by atoms with van der Waals surface area (Å²) in [4.78, 5) is 40.0. The molecule has 0 aliphatic rings. The molecule has 18 heteroatoms. The zero-order valence-electron chi connectivity index (χ0n) is 52.4. The maximum Gasteiger partial charge on any atom is 0.197 e. The van der Waals surface area contributed by atoms with E-state index in [-0.39, 0.29) is 51.5 Å². The first kappa shape index (κ1) is 69.5. The summed E-state index contributed by atoms with van der Waals surface area (Å²) in [6.45, 7) is 17.9. The van der Waals surface area contributed by atoms with Crippen molar-refractivity contribution in [2.45, 2.75) is 59.3 Å². The molecule has 9 aromatic carbocycles. The SMILES string of the molecule is C=C(Cc1ccccc1)Oc1ccc2c(C(=O)c3cc(Br)c(O)c(Br)c3)c(CC)oc2c1.C=C(Cc1ccccc1)Oc1ccc2c(C(=O)c3cc(I)c(O)c(I)c3)c(CC)oc2c1.C=C(Cc1ccccc1)Oc1ccc2c(C(=O)c3cc(N)c(O)c(N)c3)c(CC)oc2c1. The lowest BCUT2D eigenvalue weighted by Crippen LogP contribution is -2.06. The van der Waals surface area contributed by atoms with Crippen molar-refractivity contribution in [3.8, 4) is 34.5 Å². The van der Waals surface area contributed by atoms with Crippen molar-refractivity contribution >= 4 is 139 Å². The van der Waals surface area contributed by atoms with Gasteiger partial charge in [-0.05, 0) is 167 Å². The highest BCUT2D eigenvalue weighted by molar-refractivity contribution is 14.1. The number of aryl methyl sites for hydroxylation is 3. The molecule has 12 rings (SSSR count). The summed E-state index contributed by atoms with van der Waals surface area (Å²) < 4.78 is 37.9. The number of carbonyl (C=O) groups is 3. The van der Waals surface area contributed by atoms with Gasteiger partial charge in [-0.15, -0.1) is 0 Å². The van der Waals surface area contributed by atoms with Gasteiger partial charge in [-0.2, -0.15) is 0 Å². The van der Waals surface area contributed by atoms with Crippen LogP contribution in [0.1, 0.15) is 103 Å². The fourth-order valence-corrected chi connectivity index (χ4v) is 13.7. The van der Waals surface area contributed by atoms with Gasteiger partial charge in [0.25, 0.3) is 0 Å². The van der Waals surface area contributed by atoms with Gasteiger partial charge < -0.3 is 54.2 Å². The summed E-state index contributed by atoms with van der Waals surface area (Å²) in [5.74, 6) is 4.85. The fourth-order valence-electron chi connectivity index (χ4n) is 10.8. The number of benzene rings is 9. The number of hydrogen-bond acceptors (Lipinski definition) is 14. The number of allylic oxidation sites excluding steroid dienone is 3. The van der Waals surface area contributed by atoms with Crippen LogP contribution >= 0.6 is 77.0 Å². The van der Waals surface area contributed by atoms with Crippen molar-refractivity contribution in [2.75, 3.05) is 11.5 Å². The van der Waals surface area contributed by atoms with Crippen LogP contribution < -0.4 is 25.7 Å². The summed E-state index contributed by atoms with van der Waals surface area (Å²) in [6.07, 6.45) is 3.47. The predicted molar refractivity (Wildman–Crippen MR) is 401 cm³/mol. The standard InChI is InChI=1S/C26H20Br2O4.C26H20I2O4.C26H24N2O4/c3*1-3-22-24(25(29)17-12-20(27)26(30)21(28)13-17)19-10-9-18(14-23(19)32-22)31-15(2)11-16-7-5-4-6-8-16/h2*4-10,12-14,30H,2-3,11H2,1H3;4-10,12-14,30H,2-3,11,27-28H2,1H3. The van der Waals surface area contributed by atoms with Crippen LogP contribution in [-0.2, 0) is 38.5 Å². The van der Waals surface area contributed by atoms with E-state index in [1.165, 1.54) is 12.1 Å². The van der Waals surface area contributed by atoms with E-state index in [1.54, 1.807) is 54.6 Å². The molecule has 7 N–H and O–H groups in total. The first-order valence-electron chi connectivity index (χ1n) is 30.3. The molecule has 0 aliphatic carbocycles. The molecule has 12 aromatic rings. The molecular weight excluding hydrogens is 1570 g/mol. The van der Waals surface area contributed by atoms with Crippen LogP contribution in [0.2, 0.25) is 0 Å². The fraction of sp³-hybridized carbons (Fsp3) is 0.115. The number of fused-ring (bicyclic) bond motifs is 3. The summed E-state index contributed by atoms with van der Waals surface area (Å²) >= 11 is 10.6. The Hall–Kier alpha value is -9.35. The second-order valence-corrected chi connectivity index (χ2v) is 26.2. The van der Waals surface area contributed by atoms with Crippen LogP contribution in [0.3, 0.4) is 0 Å². The van der Waals surface area contributed by atoms with Crippen molar-refractivity contribution in [3.63, 3.8) is 0 Å². The molecule has 3 heterocycles. The Labute approximate surface area is 598 Å². The number of rotatable bonds is 21. The molecule has 0 radical (unpaired) electrons. The number of hydrogen-bond donors (Lipinski definition) is 5. The van der Waals surface area contributed by atoms with Gasteiger partial charge in [0.2, 0.25) is 0 Å². The second-order valence-electron chi connectivity index (χ2n) is 22.2. The van der Waals surface area contributed by atoms with Crippen molar-refractivity contribution in [2.24, 2.45) is 0 Å². The third-order valence-electron chi connectivity index (χ3n) is 15.4. The van der Waals surface area contributed by atoms with E-state index in [2.05, 4.69) is 51.6 Å². The van der Waals surface area contributed by atoms with Gasteiger partial charge in [-0.3, -0.25) is 14.4 Å². The van der Waals surface area contributed by atoms with E-state index in [4.69, 9.17) is 38.9 Å². The molecular formula is C78H64Br2I2N2O12. The molecule has 0 spiro atoms. The van der Waals surface area contributed by atoms with Crippen LogP contribution in [0.25, 0.3) is 32.9 Å². The quantitative estimate of drug-likeness (QED) is 0.0148. The van der Waals surface area contributed by atoms with Gasteiger partial charge in [0.1, 0.15) is 80.1 Å². The number of anilines is 2. The molecule has 0 atom stereocenters. The number of carbonyl (C=O) groups excluding carboxylic acids is 3. The number of furan rings is 3. The average Bonchev–Trinajstić information content (AvgIpc) is 1.69. The Morgan fingerprint density at radius 1 is 0.417 bits per heavy atom. The molecule has 0 unspecified atom stereocenters. The summed E-state index contributed by atoms with van der Waals surface area (Å²) in [6, 6.07) is 55.6. The minimum Gasteiger partial charge on any atom is -0.506 e. The van der Waals surface area contributed by atoms with E-state index in [9.17, 15) is 29.7 Å². The van der Waals surface area contributed by atoms with Gasteiger partial charge in [0, 0.05) is 89.6 Å². The maximum absolute atomic E-state index is 13.4. The minimum atomic E-state index is -0.277. The number of ketones is 3. The normalized spacial score (nSPS) is 10.9. The smallest absolute Gasteiger partial charge is 0.197 e. The number of nitrogens with two attached hydrogens (primary N) is 2. The van der Waals surface area contributed by atoms with E-state index in [0.717, 1.165) is 22.1 Å². The lowest BCUT2D eigenvalue weighted by atomic mass is 9.98. The van der Waals surface area contributed by atoms with Gasteiger partial charge in [-0.25, -0.2) is 0 Å². The van der Waals surface area contributed by atoms with E-state index in [1.807, 2.05) is 181 Å². The molecule has 0 saturated carbocycles. The van der Waals surface area contributed by atoms with E-state index < -0.39 is 0 Å². The maximum atomic E-state index is 13.4. The zero-order valence-corrected chi connectivity index (χ0v) is 59.9. The Morgan fingerprint density at radius 3 is 1.01 bits per heavy atom. The Balaban J connectivity index is 0.000000157. The van der Waals surface area contributed by atoms with Crippen molar-refractivity contribution < 1.29 is 57.2 Å². The van der Waals surface area contributed by atoms with Gasteiger partial charge in [0.05, 0.1) is 44.2 Å². The Kier molecular flexibility index (Phi) is 22.5. The number of aromatic hydroxyl groups is 3. The number of halogens is 4. The van der Waals surface area contributed by atoms with E-state index >= 15 is 0 Å². The summed E-state index contributed by atoms with van der Waals surface area (Å²) in [5.41, 5.74) is 19.5. The van der Waals surface area contributed by atoms with Gasteiger partial charge in [-0.1, -0.05) is 132 Å². The topological polar surface area (TPSA) is 231 Å². The molecule has 0 bridgehead atoms. The zero-order chi connectivity index (χ0) is 68.5. The van der Waals surface area contributed by atoms with Gasteiger partial charge in [0.15, 0.2) is 23.1 Å². The van der Waals surface area contributed by atoms with Crippen molar-refractivity contribution in [1.82, 2.24) is 0 Å². The molecule has 96 heavy (non-hydrogen) atoms. The number of phenols is 3. The molecule has 0 fully saturated rings. The van der Waals surface area contributed by atoms with Crippen LogP contribution in [0.4, 0.5) is 11.4 Å². The third kappa shape index (κ3) is 16.1. The first-order valence-corrected chi connectivity index (χ1v) is 34.1. The molecule has 3 aromatic heterocycles. The summed E-state index contributed by atoms with van der Waals surface area (Å²) in [7, 11) is 0. The summed E-state index contributed by atoms with van der Waals surface area (Å²) in [5, 5.41) is 31.9. The molecule has 0 saturated heterocycles. The lowest BCUT2D eigenvalue weighted by Gasteiger charge is -2.09. The van der Waals surface area contributed by atoms with Crippen molar-refractivity contribution in [1.29, 1.82) is 0 Å². The Morgan fingerprint density at radius 2 is 0.708 bits per heavy atom. The monoisotopic (exact) mass is 1630 g/mol. The van der Waals surface area contributed by atoms with Crippen molar-refractivity contribution in [3.05, 3.63) is 302 Å². The predicted octanol–water partition coefficient (Wildman–Crippen LogP) is 20.1. The number of phenolic OH excluding ortho intramolecular Hbond substituents is 3. The van der Waals surface area contributed by atoms with Crippen LogP contribution in [0, 0.1) is 7.14 Å². The molecule has 14 nitrogen and oxygen atoms in total. The van der Waals surface area contributed by atoms with Gasteiger partial charge >= 0.3 is 0 Å². The number of ether oxygens (including phenoxy) is 3. The Bertz CT molecular complexity index is 4400. The highest BCUT2D eigenvalue weighted by Crippen LogP contribution is 2.40. The largest absolute Gasteiger partial charge is 0.506 e. The third-order valence-corrected chi connectivity index (χ3v) is 18.2. The first-order chi connectivity index (χ1) is 46.1. The minimum absolute atomic E-state index is 0.0480. The highest BCUT2D eigenvalue weighted by Gasteiger charge is 2.27. The number of nitrogen functional groups attached to an aromatic ring is 2. The lowest BCUT2D eigenvalue weighted by molar-refractivity contribution is 0.103. The highest BCUT2D eigenvalue weighted by atomic mass is 127. The van der Waals surface area contributed by atoms with Crippen LogP contribution in [0.5, 0.6) is 34.5 Å². The molecule has 0 aliphatic heterocycles. The molecule has 0 amide bonds. The second kappa shape index (κ2) is 31.0. The van der Waals surface area contributed by atoms with Crippen LogP contribution in [0.15, 0.2) is 241 Å². The van der Waals surface area contributed by atoms with Crippen LogP contribution in [-0.4, -0.2) is 32.7 Å².